The number of amides is 2. The molecule has 0 bridgehead atoms. The number of anilines is 1. The second-order valence-corrected chi connectivity index (χ2v) is 7.68. The van der Waals surface area contributed by atoms with Crippen LogP contribution >= 0.6 is 0 Å². The topological polar surface area (TPSA) is 84.9 Å². The fraction of sp³-hybridized carbons (Fsp3) is 0.400. The lowest BCUT2D eigenvalue weighted by Crippen LogP contribution is -2.43. The van der Waals surface area contributed by atoms with Crippen LogP contribution in [-0.4, -0.2) is 42.4 Å². The third-order valence-corrected chi connectivity index (χ3v) is 5.43. The van der Waals surface area contributed by atoms with E-state index in [-0.39, 0.29) is 5.91 Å². The zero-order valence-corrected chi connectivity index (χ0v) is 18.6. The molecule has 1 N–H and O–H groups in total. The van der Waals surface area contributed by atoms with E-state index in [1.165, 1.54) is 0 Å². The second-order valence-electron chi connectivity index (χ2n) is 7.68. The first-order valence-electron chi connectivity index (χ1n) is 11.1. The molecule has 0 radical (unpaired) electrons. The van der Waals surface area contributed by atoms with Gasteiger partial charge in [0.25, 0.3) is 5.91 Å². The van der Waals surface area contributed by atoms with E-state index in [0.29, 0.717) is 49.5 Å². The maximum absolute atomic E-state index is 13.2. The number of likely N-dealkylation sites (tertiary alicyclic amines) is 1. The molecule has 32 heavy (non-hydrogen) atoms. The number of hydrogen-bond acceptors (Lipinski definition) is 5. The van der Waals surface area contributed by atoms with Crippen molar-refractivity contribution >= 4 is 23.5 Å². The fourth-order valence-electron chi connectivity index (χ4n) is 3.78. The third-order valence-electron chi connectivity index (χ3n) is 5.43. The molecule has 2 amide bonds. The molecule has 1 aliphatic rings. The third kappa shape index (κ3) is 5.87. The predicted molar refractivity (Wildman–Crippen MR) is 121 cm³/mol. The van der Waals surface area contributed by atoms with Crippen molar-refractivity contribution in [3.8, 4) is 5.75 Å². The van der Waals surface area contributed by atoms with E-state index < -0.39 is 23.9 Å². The van der Waals surface area contributed by atoms with E-state index >= 15 is 0 Å². The number of rotatable bonds is 8. The highest BCUT2D eigenvalue weighted by molar-refractivity contribution is 5.97. The van der Waals surface area contributed by atoms with Gasteiger partial charge in [-0.05, 0) is 31.9 Å². The minimum Gasteiger partial charge on any atom is -0.492 e. The summed E-state index contributed by atoms with van der Waals surface area (Å²) in [6.45, 7) is 5.09. The molecule has 2 aromatic carbocycles. The van der Waals surface area contributed by atoms with E-state index in [4.69, 9.17) is 9.47 Å². The summed E-state index contributed by atoms with van der Waals surface area (Å²) >= 11 is 0. The molecule has 2 unspecified atom stereocenters. The Bertz CT molecular complexity index is 931. The lowest BCUT2D eigenvalue weighted by molar-refractivity contribution is -0.161. The molecule has 0 saturated carbocycles. The Balaban J connectivity index is 1.77. The summed E-state index contributed by atoms with van der Waals surface area (Å²) in [5, 5.41) is 2.83. The Labute approximate surface area is 188 Å². The molecule has 1 aliphatic heterocycles. The van der Waals surface area contributed by atoms with Crippen LogP contribution in [0, 0.1) is 5.92 Å². The number of para-hydroxylation sites is 2. The van der Waals surface area contributed by atoms with Crippen molar-refractivity contribution in [1.82, 2.24) is 4.90 Å². The van der Waals surface area contributed by atoms with Crippen molar-refractivity contribution in [2.24, 2.45) is 5.92 Å². The van der Waals surface area contributed by atoms with Crippen LogP contribution < -0.4 is 10.1 Å². The summed E-state index contributed by atoms with van der Waals surface area (Å²) in [6.07, 6.45) is 0.643. The van der Waals surface area contributed by atoms with Crippen molar-refractivity contribution in [3.63, 3.8) is 0 Å². The molecular weight excluding hydrogens is 408 g/mol. The number of carbonyl (C=O) groups is 3. The van der Waals surface area contributed by atoms with Crippen LogP contribution in [0.25, 0.3) is 0 Å². The quantitative estimate of drug-likeness (QED) is 0.631. The summed E-state index contributed by atoms with van der Waals surface area (Å²) in [5.41, 5.74) is 1.08. The number of ether oxygens (including phenoxy) is 2. The highest BCUT2D eigenvalue weighted by Crippen LogP contribution is 2.28. The van der Waals surface area contributed by atoms with Crippen LogP contribution in [-0.2, 0) is 19.1 Å². The number of carbonyl (C=O) groups excluding carboxylic acids is 3. The minimum atomic E-state index is -1.12. The maximum atomic E-state index is 13.2. The summed E-state index contributed by atoms with van der Waals surface area (Å²) in [7, 11) is 0. The highest BCUT2D eigenvalue weighted by atomic mass is 16.5. The zero-order valence-electron chi connectivity index (χ0n) is 18.6. The van der Waals surface area contributed by atoms with Crippen molar-refractivity contribution in [3.05, 3.63) is 60.2 Å². The normalized spacial score (nSPS) is 16.7. The van der Waals surface area contributed by atoms with Crippen molar-refractivity contribution in [2.45, 2.75) is 39.2 Å². The second kappa shape index (κ2) is 11.3. The van der Waals surface area contributed by atoms with Gasteiger partial charge < -0.3 is 19.7 Å². The fourth-order valence-corrected chi connectivity index (χ4v) is 3.78. The molecule has 1 saturated heterocycles. The van der Waals surface area contributed by atoms with E-state index in [1.54, 1.807) is 54.3 Å². The Morgan fingerprint density at radius 3 is 2.50 bits per heavy atom. The van der Waals surface area contributed by atoms with Crippen molar-refractivity contribution < 1.29 is 23.9 Å². The van der Waals surface area contributed by atoms with Gasteiger partial charge in [-0.2, -0.15) is 0 Å². The Hall–Kier alpha value is -3.35. The van der Waals surface area contributed by atoms with Gasteiger partial charge in [0.05, 0.1) is 18.2 Å². The monoisotopic (exact) mass is 438 g/mol. The molecular formula is C25H30N2O5. The predicted octanol–water partition coefficient (Wildman–Crippen LogP) is 3.96. The molecule has 7 nitrogen and oxygen atoms in total. The van der Waals surface area contributed by atoms with Gasteiger partial charge in [-0.3, -0.25) is 14.4 Å². The lowest BCUT2D eigenvalue weighted by atomic mass is 9.97. The molecule has 2 atom stereocenters. The molecule has 170 valence electrons. The summed E-state index contributed by atoms with van der Waals surface area (Å²) in [4.78, 5) is 40.0. The molecule has 1 heterocycles. The first kappa shape index (κ1) is 23.3. The molecule has 2 aromatic rings. The first-order chi connectivity index (χ1) is 15.5. The van der Waals surface area contributed by atoms with Gasteiger partial charge in [0.15, 0.2) is 0 Å². The number of piperidine rings is 1. The van der Waals surface area contributed by atoms with Gasteiger partial charge in [0, 0.05) is 25.1 Å². The summed E-state index contributed by atoms with van der Waals surface area (Å²) in [6, 6.07) is 16.0. The maximum Gasteiger partial charge on any atom is 0.311 e. The lowest BCUT2D eigenvalue weighted by Gasteiger charge is -2.32. The molecule has 0 spiro atoms. The van der Waals surface area contributed by atoms with E-state index in [0.717, 1.165) is 6.42 Å². The van der Waals surface area contributed by atoms with Crippen molar-refractivity contribution in [1.29, 1.82) is 0 Å². The van der Waals surface area contributed by atoms with Gasteiger partial charge >= 0.3 is 5.97 Å². The van der Waals surface area contributed by atoms with Gasteiger partial charge in [0.1, 0.15) is 5.75 Å². The number of nitrogens with zero attached hydrogens (tertiary/aromatic N) is 1. The Morgan fingerprint density at radius 2 is 1.78 bits per heavy atom. The van der Waals surface area contributed by atoms with E-state index in [9.17, 15) is 14.4 Å². The molecule has 7 heteroatoms. The first-order valence-corrected chi connectivity index (χ1v) is 11.1. The number of benzene rings is 2. The van der Waals surface area contributed by atoms with Crippen LogP contribution in [0.3, 0.4) is 0 Å². The van der Waals surface area contributed by atoms with Crippen LogP contribution in [0.15, 0.2) is 54.6 Å². The minimum absolute atomic E-state index is 0.0207. The van der Waals surface area contributed by atoms with Crippen LogP contribution in [0.4, 0.5) is 5.69 Å². The average Bonchev–Trinajstić information content (AvgIpc) is 2.83. The highest BCUT2D eigenvalue weighted by Gasteiger charge is 2.33. The molecule has 0 aliphatic carbocycles. The average molecular weight is 439 g/mol. The van der Waals surface area contributed by atoms with Crippen LogP contribution in [0.2, 0.25) is 0 Å². The molecule has 0 aromatic heterocycles. The van der Waals surface area contributed by atoms with E-state index in [1.807, 2.05) is 19.1 Å². The summed E-state index contributed by atoms with van der Waals surface area (Å²) < 4.78 is 11.3. The zero-order chi connectivity index (χ0) is 22.9. The van der Waals surface area contributed by atoms with Crippen LogP contribution in [0.1, 0.15) is 44.8 Å². The molecule has 1 fully saturated rings. The SMILES string of the molecule is CCOc1ccccc1NC(=O)C(OC(=O)C1CCCN(C(=O)CC)C1)c1ccccc1. The summed E-state index contributed by atoms with van der Waals surface area (Å²) in [5.74, 6) is -0.821. The molecule has 3 rings (SSSR count). The van der Waals surface area contributed by atoms with Gasteiger partial charge in [-0.15, -0.1) is 0 Å². The standard InChI is InChI=1S/C25H30N2O5/c1-3-22(28)27-16-10-13-19(17-27)25(30)32-23(18-11-6-5-7-12-18)24(29)26-20-14-8-9-15-21(20)31-4-2/h5-9,11-12,14-15,19,23H,3-4,10,13,16-17H2,1-2H3,(H,26,29). The Kier molecular flexibility index (Phi) is 8.25. The van der Waals surface area contributed by atoms with Gasteiger partial charge in [-0.25, -0.2) is 0 Å². The number of esters is 1. The Morgan fingerprint density at radius 1 is 1.06 bits per heavy atom. The number of hydrogen-bond donors (Lipinski definition) is 1. The van der Waals surface area contributed by atoms with Crippen molar-refractivity contribution in [2.75, 3.05) is 25.0 Å². The number of nitrogens with one attached hydrogen (secondary N) is 1. The van der Waals surface area contributed by atoms with Crippen LogP contribution in [0.5, 0.6) is 5.75 Å². The van der Waals surface area contributed by atoms with Gasteiger partial charge in [0.2, 0.25) is 12.0 Å². The van der Waals surface area contributed by atoms with Gasteiger partial charge in [-0.1, -0.05) is 49.4 Å². The smallest absolute Gasteiger partial charge is 0.311 e. The van der Waals surface area contributed by atoms with E-state index in [2.05, 4.69) is 5.32 Å². The largest absolute Gasteiger partial charge is 0.492 e.